The van der Waals surface area contributed by atoms with E-state index in [-0.39, 0.29) is 11.2 Å². The summed E-state index contributed by atoms with van der Waals surface area (Å²) < 4.78 is 0. The predicted octanol–water partition coefficient (Wildman–Crippen LogP) is 4.13. The molecule has 1 aliphatic carbocycles. The number of thioether (sulfide) groups is 1. The number of aromatic nitrogens is 2. The second kappa shape index (κ2) is 7.30. The molecule has 2 heterocycles. The van der Waals surface area contributed by atoms with E-state index >= 15 is 0 Å². The Kier molecular flexibility index (Phi) is 5.30. The number of thiophene rings is 1. The molecule has 1 fully saturated rings. The fourth-order valence-corrected chi connectivity index (χ4v) is 5.26. The predicted molar refractivity (Wildman–Crippen MR) is 102 cm³/mol. The van der Waals surface area contributed by atoms with Gasteiger partial charge < -0.3 is 5.32 Å². The number of nitrogens with one attached hydrogen (secondary N) is 1. The van der Waals surface area contributed by atoms with Crippen LogP contribution in [0.2, 0.25) is 0 Å². The van der Waals surface area contributed by atoms with Crippen molar-refractivity contribution < 1.29 is 4.79 Å². The molecule has 1 saturated carbocycles. The first-order valence-electron chi connectivity index (χ1n) is 8.56. The minimum atomic E-state index is -0.694. The molecule has 0 saturated heterocycles. The normalized spacial score (nSPS) is 17.8. The average Bonchev–Trinajstić information content (AvgIpc) is 2.91. The molecule has 2 aromatic rings. The summed E-state index contributed by atoms with van der Waals surface area (Å²) >= 11 is 3.09. The van der Waals surface area contributed by atoms with E-state index in [0.717, 1.165) is 47.3 Å². The summed E-state index contributed by atoms with van der Waals surface area (Å²) in [6.45, 7) is 6.02. The van der Waals surface area contributed by atoms with E-state index in [0.29, 0.717) is 0 Å². The lowest BCUT2D eigenvalue weighted by Crippen LogP contribution is -2.50. The lowest BCUT2D eigenvalue weighted by atomic mass is 9.83. The summed E-state index contributed by atoms with van der Waals surface area (Å²) in [5.74, 6) is -0.0928. The lowest BCUT2D eigenvalue weighted by Gasteiger charge is -2.32. The summed E-state index contributed by atoms with van der Waals surface area (Å²) in [6.07, 6.45) is 6.17. The fourth-order valence-electron chi connectivity index (χ4n) is 3.22. The molecule has 0 aliphatic heterocycles. The van der Waals surface area contributed by atoms with E-state index in [2.05, 4.69) is 35.2 Å². The monoisotopic (exact) mass is 374 g/mol. The SMILES string of the molecule is Cc1sc2ncnc(S[C@H](C)C(=O)NC3(C#N)CCCCC3)c2c1C. The maximum atomic E-state index is 12.7. The third kappa shape index (κ3) is 3.65. The molecule has 3 rings (SSSR count). The highest BCUT2D eigenvalue weighted by Crippen LogP contribution is 2.36. The van der Waals surface area contributed by atoms with Gasteiger partial charge in [-0.05, 0) is 39.2 Å². The van der Waals surface area contributed by atoms with Gasteiger partial charge in [0.2, 0.25) is 5.91 Å². The molecule has 25 heavy (non-hydrogen) atoms. The molecule has 1 N–H and O–H groups in total. The van der Waals surface area contributed by atoms with Gasteiger partial charge in [0.25, 0.3) is 0 Å². The van der Waals surface area contributed by atoms with Gasteiger partial charge in [0.05, 0.1) is 11.3 Å². The number of amides is 1. The van der Waals surface area contributed by atoms with Crippen LogP contribution in [0.25, 0.3) is 10.2 Å². The van der Waals surface area contributed by atoms with E-state index in [1.165, 1.54) is 22.2 Å². The Morgan fingerprint density at radius 3 is 2.76 bits per heavy atom. The van der Waals surface area contributed by atoms with Gasteiger partial charge >= 0.3 is 0 Å². The molecule has 1 atom stereocenters. The average molecular weight is 375 g/mol. The number of aryl methyl sites for hydroxylation is 2. The summed E-state index contributed by atoms with van der Waals surface area (Å²) in [4.78, 5) is 23.6. The molecule has 1 amide bonds. The van der Waals surface area contributed by atoms with Crippen LogP contribution >= 0.6 is 23.1 Å². The van der Waals surface area contributed by atoms with E-state index < -0.39 is 5.54 Å². The zero-order chi connectivity index (χ0) is 18.0. The fraction of sp³-hybridized carbons (Fsp3) is 0.556. The standard InChI is InChI=1S/C18H22N4OS2/c1-11-12(2)24-16-14(11)17(21-10-20-16)25-13(3)15(23)22-18(9-19)7-5-4-6-8-18/h10,13H,4-8H2,1-3H3,(H,22,23)/t13-/m1/s1. The molecule has 0 aromatic carbocycles. The van der Waals surface area contributed by atoms with Crippen LogP contribution in [0.15, 0.2) is 11.4 Å². The number of carbonyl (C=O) groups excluding carboxylic acids is 1. The van der Waals surface area contributed by atoms with Gasteiger partial charge in [-0.15, -0.1) is 11.3 Å². The highest BCUT2D eigenvalue weighted by molar-refractivity contribution is 8.00. The number of fused-ring (bicyclic) bond motifs is 1. The first kappa shape index (κ1) is 18.2. The molecule has 0 unspecified atom stereocenters. The second-order valence-corrected chi connectivity index (χ2v) is 9.18. The Hall–Kier alpha value is -1.65. The van der Waals surface area contributed by atoms with E-state index in [4.69, 9.17) is 0 Å². The zero-order valence-electron chi connectivity index (χ0n) is 14.8. The first-order valence-corrected chi connectivity index (χ1v) is 10.3. The van der Waals surface area contributed by atoms with Crippen molar-refractivity contribution in [3.8, 4) is 6.07 Å². The van der Waals surface area contributed by atoms with Crippen LogP contribution in [-0.4, -0.2) is 26.7 Å². The highest BCUT2D eigenvalue weighted by atomic mass is 32.2. The minimum Gasteiger partial charge on any atom is -0.337 e. The first-order chi connectivity index (χ1) is 12.0. The maximum Gasteiger partial charge on any atom is 0.234 e. The molecule has 1 aliphatic rings. The quantitative estimate of drug-likeness (QED) is 0.643. The van der Waals surface area contributed by atoms with E-state index in [1.807, 2.05) is 6.92 Å². The second-order valence-electron chi connectivity index (χ2n) is 6.65. The van der Waals surface area contributed by atoms with Crippen molar-refractivity contribution in [2.75, 3.05) is 0 Å². The van der Waals surface area contributed by atoms with Crippen LogP contribution in [0.1, 0.15) is 49.5 Å². The van der Waals surface area contributed by atoms with Crippen molar-refractivity contribution in [2.45, 2.75) is 68.7 Å². The van der Waals surface area contributed by atoms with Crippen LogP contribution in [0.5, 0.6) is 0 Å². The topological polar surface area (TPSA) is 78.7 Å². The molecule has 7 heteroatoms. The zero-order valence-corrected chi connectivity index (χ0v) is 16.4. The van der Waals surface area contributed by atoms with Crippen molar-refractivity contribution >= 4 is 39.2 Å². The number of carbonyl (C=O) groups is 1. The summed E-state index contributed by atoms with van der Waals surface area (Å²) in [5, 5.41) is 14.1. The van der Waals surface area contributed by atoms with Crippen molar-refractivity contribution in [3.05, 3.63) is 16.8 Å². The van der Waals surface area contributed by atoms with Gasteiger partial charge in [0.15, 0.2) is 0 Å². The van der Waals surface area contributed by atoms with Crippen LogP contribution in [0.3, 0.4) is 0 Å². The number of hydrogen-bond donors (Lipinski definition) is 1. The number of hydrogen-bond acceptors (Lipinski definition) is 6. The number of nitriles is 1. The molecule has 0 bridgehead atoms. The van der Waals surface area contributed by atoms with Crippen molar-refractivity contribution in [1.82, 2.24) is 15.3 Å². The highest BCUT2D eigenvalue weighted by Gasteiger charge is 2.35. The lowest BCUT2D eigenvalue weighted by molar-refractivity contribution is -0.121. The smallest absolute Gasteiger partial charge is 0.234 e. The summed E-state index contributed by atoms with van der Waals surface area (Å²) in [5.41, 5.74) is 0.483. The molecule has 0 radical (unpaired) electrons. The van der Waals surface area contributed by atoms with Gasteiger partial charge in [0, 0.05) is 10.3 Å². The summed E-state index contributed by atoms with van der Waals surface area (Å²) in [6, 6.07) is 2.34. The Morgan fingerprint density at radius 1 is 1.36 bits per heavy atom. The molecular formula is C18H22N4OS2. The minimum absolute atomic E-state index is 0.0928. The van der Waals surface area contributed by atoms with Crippen molar-refractivity contribution in [2.24, 2.45) is 0 Å². The van der Waals surface area contributed by atoms with Crippen molar-refractivity contribution in [3.63, 3.8) is 0 Å². The largest absolute Gasteiger partial charge is 0.337 e. The van der Waals surface area contributed by atoms with Gasteiger partial charge in [-0.3, -0.25) is 4.79 Å². The molecule has 5 nitrogen and oxygen atoms in total. The van der Waals surface area contributed by atoms with Crippen molar-refractivity contribution in [1.29, 1.82) is 5.26 Å². The van der Waals surface area contributed by atoms with Gasteiger partial charge in [-0.25, -0.2) is 9.97 Å². The van der Waals surface area contributed by atoms with Gasteiger partial charge in [-0.2, -0.15) is 5.26 Å². The molecule has 132 valence electrons. The Morgan fingerprint density at radius 2 is 2.08 bits per heavy atom. The Bertz CT molecular complexity index is 833. The van der Waals surface area contributed by atoms with E-state index in [9.17, 15) is 10.1 Å². The summed E-state index contributed by atoms with van der Waals surface area (Å²) in [7, 11) is 0. The van der Waals surface area contributed by atoms with Gasteiger partial charge in [0.1, 0.15) is 21.7 Å². The third-order valence-electron chi connectivity index (χ3n) is 4.87. The van der Waals surface area contributed by atoms with Crippen LogP contribution < -0.4 is 5.32 Å². The molecule has 2 aromatic heterocycles. The number of nitrogens with zero attached hydrogens (tertiary/aromatic N) is 3. The van der Waals surface area contributed by atoms with Gasteiger partial charge in [-0.1, -0.05) is 31.0 Å². The Labute approximate surface area is 156 Å². The Balaban J connectivity index is 1.77. The van der Waals surface area contributed by atoms with Crippen LogP contribution in [-0.2, 0) is 4.79 Å². The van der Waals surface area contributed by atoms with E-state index in [1.54, 1.807) is 17.7 Å². The number of rotatable bonds is 4. The molecular weight excluding hydrogens is 352 g/mol. The third-order valence-corrected chi connectivity index (χ3v) is 7.09. The molecule has 0 spiro atoms. The van der Waals surface area contributed by atoms with Crippen LogP contribution in [0.4, 0.5) is 0 Å². The maximum absolute atomic E-state index is 12.7. The van der Waals surface area contributed by atoms with Crippen LogP contribution in [0, 0.1) is 25.2 Å².